The fourth-order valence-electron chi connectivity index (χ4n) is 4.58. The van der Waals surface area contributed by atoms with Crippen LogP contribution < -0.4 is 4.90 Å². The average Bonchev–Trinajstić information content (AvgIpc) is 2.98. The number of anilines is 1. The monoisotopic (exact) mass is 356 g/mol. The van der Waals surface area contributed by atoms with Crippen LogP contribution in [0.1, 0.15) is 70.8 Å². The Kier molecular flexibility index (Phi) is 6.74. The van der Waals surface area contributed by atoms with Gasteiger partial charge in [-0.1, -0.05) is 45.2 Å². The van der Waals surface area contributed by atoms with E-state index in [2.05, 4.69) is 47.9 Å². The number of amides is 1. The molecule has 1 spiro atoms. The molecular formula is C23H36N2O. The van der Waals surface area contributed by atoms with E-state index in [9.17, 15) is 4.79 Å². The van der Waals surface area contributed by atoms with Crippen LogP contribution in [0.2, 0.25) is 0 Å². The molecule has 0 aromatic heterocycles. The standard InChI is InChI=1S/C23H36N2O/c1-3-5-7-15-24-16-12-23(13-17-24)14-18-25(22(23)26)21-11-8-10-20(19-21)9-6-4-2/h8,10-11,19H,3-7,9,12-18H2,1-2H3. The minimum absolute atomic E-state index is 0.0827. The van der Waals surface area contributed by atoms with Gasteiger partial charge in [-0.3, -0.25) is 4.79 Å². The summed E-state index contributed by atoms with van der Waals surface area (Å²) in [6.45, 7) is 8.79. The summed E-state index contributed by atoms with van der Waals surface area (Å²) in [6, 6.07) is 8.68. The number of rotatable bonds is 8. The molecule has 0 aliphatic carbocycles. The maximum absolute atomic E-state index is 13.3. The van der Waals surface area contributed by atoms with Gasteiger partial charge in [-0.05, 0) is 75.9 Å². The molecule has 2 saturated heterocycles. The summed E-state index contributed by atoms with van der Waals surface area (Å²) in [5.41, 5.74) is 2.40. The molecule has 0 radical (unpaired) electrons. The molecule has 26 heavy (non-hydrogen) atoms. The maximum Gasteiger partial charge on any atom is 0.233 e. The smallest absolute Gasteiger partial charge is 0.233 e. The van der Waals surface area contributed by atoms with Gasteiger partial charge in [0, 0.05) is 12.2 Å². The Morgan fingerprint density at radius 1 is 0.962 bits per heavy atom. The number of hydrogen-bond acceptors (Lipinski definition) is 2. The minimum Gasteiger partial charge on any atom is -0.312 e. The molecule has 2 aliphatic rings. The van der Waals surface area contributed by atoms with Crippen molar-refractivity contribution >= 4 is 11.6 Å². The van der Waals surface area contributed by atoms with Gasteiger partial charge in [0.1, 0.15) is 0 Å². The minimum atomic E-state index is -0.0827. The lowest BCUT2D eigenvalue weighted by atomic mass is 9.77. The van der Waals surface area contributed by atoms with Crippen LogP contribution in [0.15, 0.2) is 24.3 Å². The van der Waals surface area contributed by atoms with E-state index < -0.39 is 0 Å². The number of carbonyl (C=O) groups is 1. The summed E-state index contributed by atoms with van der Waals surface area (Å²) in [6.07, 6.45) is 10.6. The number of benzene rings is 1. The van der Waals surface area contributed by atoms with E-state index in [0.717, 1.165) is 51.0 Å². The van der Waals surface area contributed by atoms with Gasteiger partial charge in [0.05, 0.1) is 5.41 Å². The van der Waals surface area contributed by atoms with E-state index in [1.165, 1.54) is 44.2 Å². The summed E-state index contributed by atoms with van der Waals surface area (Å²) in [4.78, 5) is 17.9. The van der Waals surface area contributed by atoms with E-state index in [1.54, 1.807) is 0 Å². The lowest BCUT2D eigenvalue weighted by Gasteiger charge is -2.38. The average molecular weight is 357 g/mol. The number of unbranched alkanes of at least 4 members (excludes halogenated alkanes) is 3. The third kappa shape index (κ3) is 4.31. The highest BCUT2D eigenvalue weighted by molar-refractivity contribution is 6.00. The van der Waals surface area contributed by atoms with Crippen molar-refractivity contribution in [3.8, 4) is 0 Å². The summed E-state index contributed by atoms with van der Waals surface area (Å²) in [5, 5.41) is 0. The first-order valence-electron chi connectivity index (χ1n) is 10.8. The summed E-state index contributed by atoms with van der Waals surface area (Å²) in [7, 11) is 0. The molecule has 3 rings (SSSR count). The molecule has 0 atom stereocenters. The van der Waals surface area contributed by atoms with Crippen LogP contribution in [-0.4, -0.2) is 37.0 Å². The van der Waals surface area contributed by atoms with E-state index in [1.807, 2.05) is 0 Å². The molecule has 0 unspecified atom stereocenters. The zero-order chi connectivity index (χ0) is 18.4. The van der Waals surface area contributed by atoms with Crippen molar-refractivity contribution in [1.82, 2.24) is 4.90 Å². The topological polar surface area (TPSA) is 23.6 Å². The van der Waals surface area contributed by atoms with Crippen molar-refractivity contribution < 1.29 is 4.79 Å². The van der Waals surface area contributed by atoms with Crippen molar-refractivity contribution in [1.29, 1.82) is 0 Å². The highest BCUT2D eigenvalue weighted by Crippen LogP contribution is 2.43. The first kappa shape index (κ1) is 19.4. The van der Waals surface area contributed by atoms with E-state index >= 15 is 0 Å². The van der Waals surface area contributed by atoms with Crippen molar-refractivity contribution in [2.75, 3.05) is 31.1 Å². The maximum atomic E-state index is 13.3. The summed E-state index contributed by atoms with van der Waals surface area (Å²) >= 11 is 0. The van der Waals surface area contributed by atoms with Crippen LogP contribution in [0, 0.1) is 5.41 Å². The van der Waals surface area contributed by atoms with Gasteiger partial charge in [0.2, 0.25) is 5.91 Å². The predicted molar refractivity (Wildman–Crippen MR) is 110 cm³/mol. The Morgan fingerprint density at radius 2 is 1.69 bits per heavy atom. The Balaban J connectivity index is 1.60. The van der Waals surface area contributed by atoms with Gasteiger partial charge in [-0.2, -0.15) is 0 Å². The van der Waals surface area contributed by atoms with Gasteiger partial charge in [0.25, 0.3) is 0 Å². The molecule has 0 bridgehead atoms. The van der Waals surface area contributed by atoms with Crippen molar-refractivity contribution in [2.45, 2.75) is 71.6 Å². The first-order chi connectivity index (χ1) is 12.7. The molecule has 1 aromatic carbocycles. The van der Waals surface area contributed by atoms with Crippen LogP contribution in [0.4, 0.5) is 5.69 Å². The van der Waals surface area contributed by atoms with Crippen molar-refractivity contribution in [3.63, 3.8) is 0 Å². The molecule has 0 N–H and O–H groups in total. The second kappa shape index (κ2) is 9.03. The highest BCUT2D eigenvalue weighted by Gasteiger charge is 2.48. The van der Waals surface area contributed by atoms with Gasteiger partial charge in [-0.25, -0.2) is 0 Å². The quantitative estimate of drug-likeness (QED) is 0.609. The molecule has 144 valence electrons. The SMILES string of the molecule is CCCCCN1CCC2(CC1)CCN(c1cccc(CCCC)c1)C2=O. The van der Waals surface area contributed by atoms with Gasteiger partial charge < -0.3 is 9.80 Å². The number of carbonyl (C=O) groups excluding carboxylic acids is 1. The fraction of sp³-hybridized carbons (Fsp3) is 0.696. The van der Waals surface area contributed by atoms with Gasteiger partial charge in [-0.15, -0.1) is 0 Å². The third-order valence-electron chi connectivity index (χ3n) is 6.45. The molecule has 3 heteroatoms. The molecular weight excluding hydrogens is 320 g/mol. The first-order valence-corrected chi connectivity index (χ1v) is 10.8. The molecule has 1 amide bonds. The summed E-state index contributed by atoms with van der Waals surface area (Å²) < 4.78 is 0. The van der Waals surface area contributed by atoms with E-state index in [4.69, 9.17) is 0 Å². The largest absolute Gasteiger partial charge is 0.312 e. The van der Waals surface area contributed by atoms with Crippen LogP contribution in [-0.2, 0) is 11.2 Å². The number of hydrogen-bond donors (Lipinski definition) is 0. The molecule has 0 saturated carbocycles. The van der Waals surface area contributed by atoms with Gasteiger partial charge in [0.15, 0.2) is 0 Å². The predicted octanol–water partition coefficient (Wildman–Crippen LogP) is 5.04. The fourth-order valence-corrected chi connectivity index (χ4v) is 4.58. The second-order valence-corrected chi connectivity index (χ2v) is 8.31. The zero-order valence-electron chi connectivity index (χ0n) is 16.8. The highest BCUT2D eigenvalue weighted by atomic mass is 16.2. The Hall–Kier alpha value is -1.35. The van der Waals surface area contributed by atoms with E-state index in [-0.39, 0.29) is 5.41 Å². The van der Waals surface area contributed by atoms with Crippen molar-refractivity contribution in [3.05, 3.63) is 29.8 Å². The number of likely N-dealkylation sites (tertiary alicyclic amines) is 1. The van der Waals surface area contributed by atoms with Crippen LogP contribution in [0.5, 0.6) is 0 Å². The lowest BCUT2D eigenvalue weighted by Crippen LogP contribution is -2.45. The number of piperidine rings is 1. The van der Waals surface area contributed by atoms with E-state index in [0.29, 0.717) is 5.91 Å². The lowest BCUT2D eigenvalue weighted by molar-refractivity contribution is -0.128. The Morgan fingerprint density at radius 3 is 2.42 bits per heavy atom. The Bertz CT molecular complexity index is 590. The third-order valence-corrected chi connectivity index (χ3v) is 6.45. The molecule has 2 heterocycles. The van der Waals surface area contributed by atoms with Crippen LogP contribution in [0.25, 0.3) is 0 Å². The van der Waals surface area contributed by atoms with Crippen LogP contribution >= 0.6 is 0 Å². The molecule has 2 fully saturated rings. The zero-order valence-corrected chi connectivity index (χ0v) is 16.8. The second-order valence-electron chi connectivity index (χ2n) is 8.31. The molecule has 3 nitrogen and oxygen atoms in total. The Labute approximate surface area is 159 Å². The molecule has 1 aromatic rings. The molecule has 2 aliphatic heterocycles. The number of nitrogens with zero attached hydrogens (tertiary/aromatic N) is 2. The van der Waals surface area contributed by atoms with Gasteiger partial charge >= 0.3 is 0 Å². The van der Waals surface area contributed by atoms with Crippen LogP contribution in [0.3, 0.4) is 0 Å². The number of aryl methyl sites for hydroxylation is 1. The summed E-state index contributed by atoms with van der Waals surface area (Å²) in [5.74, 6) is 0.387. The normalized spacial score (nSPS) is 20.2. The van der Waals surface area contributed by atoms with Crippen molar-refractivity contribution in [2.24, 2.45) is 5.41 Å².